The van der Waals surface area contributed by atoms with Gasteiger partial charge in [-0.3, -0.25) is 4.79 Å². The van der Waals surface area contributed by atoms with E-state index < -0.39 is 0 Å². The second-order valence-corrected chi connectivity index (χ2v) is 3.78. The molecule has 1 unspecified atom stereocenters. The van der Waals surface area contributed by atoms with E-state index in [0.29, 0.717) is 0 Å². The Hall–Kier alpha value is -1.78. The molecule has 0 saturated heterocycles. The minimum atomic E-state index is -0.248. The summed E-state index contributed by atoms with van der Waals surface area (Å²) in [5.41, 5.74) is 0.877. The lowest BCUT2D eigenvalue weighted by Gasteiger charge is -2.19. The summed E-state index contributed by atoms with van der Waals surface area (Å²) < 4.78 is 0. The highest BCUT2D eigenvalue weighted by Gasteiger charge is 2.14. The third kappa shape index (κ3) is 3.12. The summed E-state index contributed by atoms with van der Waals surface area (Å²) in [7, 11) is 5.29. The van der Waals surface area contributed by atoms with E-state index in [2.05, 4.69) is 15.6 Å². The summed E-state index contributed by atoms with van der Waals surface area (Å²) in [6, 6.07) is 3.45. The molecule has 0 bridgehead atoms. The average molecular weight is 222 g/mol. The van der Waals surface area contributed by atoms with Crippen LogP contribution in [0.5, 0.6) is 0 Å². The van der Waals surface area contributed by atoms with Gasteiger partial charge in [-0.1, -0.05) is 0 Å². The minimum Gasteiger partial charge on any atom is -0.374 e. The molecule has 1 rings (SSSR count). The zero-order valence-electron chi connectivity index (χ0n) is 10.1. The molecule has 0 saturated carbocycles. The fourth-order valence-electron chi connectivity index (χ4n) is 1.36. The van der Waals surface area contributed by atoms with Crippen LogP contribution in [0.25, 0.3) is 0 Å². The number of aromatic nitrogens is 1. The molecule has 5 nitrogen and oxygen atoms in total. The van der Waals surface area contributed by atoms with Crippen molar-refractivity contribution >= 4 is 17.4 Å². The molecule has 88 valence electrons. The standard InChI is InChI=1S/C11H18N4O/c1-8(11(16)15(3)4)14-9-5-6-13-10(7-9)12-2/h5-8H,1-4H3,(H2,12,13,14). The third-order valence-electron chi connectivity index (χ3n) is 2.21. The number of hydrogen-bond donors (Lipinski definition) is 2. The number of likely N-dealkylation sites (N-methyl/N-ethyl adjacent to an activating group) is 1. The van der Waals surface area contributed by atoms with Crippen LogP contribution in [0.15, 0.2) is 18.3 Å². The van der Waals surface area contributed by atoms with E-state index in [9.17, 15) is 4.79 Å². The molecule has 0 aromatic carbocycles. The smallest absolute Gasteiger partial charge is 0.244 e. The molecule has 16 heavy (non-hydrogen) atoms. The van der Waals surface area contributed by atoms with Crippen LogP contribution < -0.4 is 10.6 Å². The number of anilines is 2. The Morgan fingerprint density at radius 1 is 1.50 bits per heavy atom. The minimum absolute atomic E-state index is 0.0443. The first-order valence-corrected chi connectivity index (χ1v) is 5.16. The number of carbonyl (C=O) groups excluding carboxylic acids is 1. The lowest BCUT2D eigenvalue weighted by molar-refractivity contribution is -0.129. The van der Waals surface area contributed by atoms with E-state index in [1.165, 1.54) is 0 Å². The summed E-state index contributed by atoms with van der Waals surface area (Å²) in [6.07, 6.45) is 1.70. The van der Waals surface area contributed by atoms with Crippen LogP contribution in [0.2, 0.25) is 0 Å². The molecule has 0 spiro atoms. The fourth-order valence-corrected chi connectivity index (χ4v) is 1.36. The Bertz CT molecular complexity index is 365. The topological polar surface area (TPSA) is 57.3 Å². The molecule has 1 aromatic rings. The Balaban J connectivity index is 2.69. The Morgan fingerprint density at radius 3 is 2.75 bits per heavy atom. The van der Waals surface area contributed by atoms with Gasteiger partial charge in [-0.15, -0.1) is 0 Å². The summed E-state index contributed by atoms with van der Waals surface area (Å²) in [5, 5.41) is 6.07. The van der Waals surface area contributed by atoms with Crippen molar-refractivity contribution in [1.29, 1.82) is 0 Å². The quantitative estimate of drug-likeness (QED) is 0.798. The van der Waals surface area contributed by atoms with Gasteiger partial charge in [0.25, 0.3) is 0 Å². The number of pyridine rings is 1. The van der Waals surface area contributed by atoms with Crippen molar-refractivity contribution in [3.63, 3.8) is 0 Å². The molecule has 0 fully saturated rings. The van der Waals surface area contributed by atoms with Gasteiger partial charge in [0.15, 0.2) is 0 Å². The first kappa shape index (κ1) is 12.3. The van der Waals surface area contributed by atoms with E-state index in [0.717, 1.165) is 11.5 Å². The second kappa shape index (κ2) is 5.34. The Labute approximate surface area is 95.9 Å². The molecule has 1 aromatic heterocycles. The molecule has 2 N–H and O–H groups in total. The van der Waals surface area contributed by atoms with Gasteiger partial charge in [0.05, 0.1) is 0 Å². The number of amides is 1. The van der Waals surface area contributed by atoms with Crippen LogP contribution >= 0.6 is 0 Å². The van der Waals surface area contributed by atoms with E-state index in [4.69, 9.17) is 0 Å². The van der Waals surface area contributed by atoms with E-state index >= 15 is 0 Å². The second-order valence-electron chi connectivity index (χ2n) is 3.78. The molecule has 0 aliphatic rings. The number of nitrogens with one attached hydrogen (secondary N) is 2. The molecule has 0 radical (unpaired) electrons. The van der Waals surface area contributed by atoms with Crippen LogP contribution in [0.3, 0.4) is 0 Å². The van der Waals surface area contributed by atoms with Crippen molar-refractivity contribution in [1.82, 2.24) is 9.88 Å². The predicted octanol–water partition coefficient (Wildman–Crippen LogP) is 1.01. The monoisotopic (exact) mass is 222 g/mol. The summed E-state index contributed by atoms with van der Waals surface area (Å²) in [5.74, 6) is 0.817. The average Bonchev–Trinajstić information content (AvgIpc) is 2.28. The third-order valence-corrected chi connectivity index (χ3v) is 2.21. The zero-order chi connectivity index (χ0) is 12.1. The van der Waals surface area contributed by atoms with E-state index in [-0.39, 0.29) is 11.9 Å². The number of nitrogens with zero attached hydrogens (tertiary/aromatic N) is 2. The predicted molar refractivity (Wildman–Crippen MR) is 65.6 cm³/mol. The van der Waals surface area contributed by atoms with E-state index in [1.807, 2.05) is 19.1 Å². The first-order chi connectivity index (χ1) is 7.54. The van der Waals surface area contributed by atoms with Gasteiger partial charge < -0.3 is 15.5 Å². The molecule has 0 aliphatic heterocycles. The normalized spacial score (nSPS) is 11.8. The highest BCUT2D eigenvalue weighted by atomic mass is 16.2. The van der Waals surface area contributed by atoms with Gasteiger partial charge in [-0.05, 0) is 13.0 Å². The van der Waals surface area contributed by atoms with Gasteiger partial charge in [0.1, 0.15) is 11.9 Å². The molecule has 0 aliphatic carbocycles. The van der Waals surface area contributed by atoms with Crippen molar-refractivity contribution in [3.05, 3.63) is 18.3 Å². The number of rotatable bonds is 4. The lowest BCUT2D eigenvalue weighted by atomic mass is 10.2. The highest BCUT2D eigenvalue weighted by molar-refractivity contribution is 5.83. The molecule has 1 amide bonds. The first-order valence-electron chi connectivity index (χ1n) is 5.16. The van der Waals surface area contributed by atoms with Crippen molar-refractivity contribution < 1.29 is 4.79 Å². The molecular weight excluding hydrogens is 204 g/mol. The van der Waals surface area contributed by atoms with Crippen molar-refractivity contribution in [2.45, 2.75) is 13.0 Å². The van der Waals surface area contributed by atoms with Gasteiger partial charge in [0.2, 0.25) is 5.91 Å². The largest absolute Gasteiger partial charge is 0.374 e. The van der Waals surface area contributed by atoms with Gasteiger partial charge in [-0.25, -0.2) is 4.98 Å². The van der Waals surface area contributed by atoms with Gasteiger partial charge >= 0.3 is 0 Å². The summed E-state index contributed by atoms with van der Waals surface area (Å²) >= 11 is 0. The van der Waals surface area contributed by atoms with Crippen molar-refractivity contribution in [3.8, 4) is 0 Å². The zero-order valence-corrected chi connectivity index (χ0v) is 10.1. The molecule has 1 heterocycles. The van der Waals surface area contributed by atoms with Crippen LogP contribution in [0.4, 0.5) is 11.5 Å². The number of carbonyl (C=O) groups is 1. The summed E-state index contributed by atoms with van der Waals surface area (Å²) in [6.45, 7) is 1.84. The molecule has 5 heteroatoms. The van der Waals surface area contributed by atoms with Gasteiger partial charge in [0, 0.05) is 39.1 Å². The van der Waals surface area contributed by atoms with Crippen LogP contribution in [-0.2, 0) is 4.79 Å². The molecular formula is C11H18N4O. The van der Waals surface area contributed by atoms with E-state index in [1.54, 1.807) is 32.2 Å². The van der Waals surface area contributed by atoms with Gasteiger partial charge in [-0.2, -0.15) is 0 Å². The lowest BCUT2D eigenvalue weighted by Crippen LogP contribution is -2.36. The SMILES string of the molecule is CNc1cc(NC(C)C(=O)N(C)C)ccn1. The Morgan fingerprint density at radius 2 is 2.19 bits per heavy atom. The number of hydrogen-bond acceptors (Lipinski definition) is 4. The van der Waals surface area contributed by atoms with Crippen LogP contribution in [-0.4, -0.2) is 43.0 Å². The highest BCUT2D eigenvalue weighted by Crippen LogP contribution is 2.12. The Kier molecular flexibility index (Phi) is 4.10. The fraction of sp³-hybridized carbons (Fsp3) is 0.455. The van der Waals surface area contributed by atoms with Crippen molar-refractivity contribution in [2.75, 3.05) is 31.8 Å². The van der Waals surface area contributed by atoms with Crippen molar-refractivity contribution in [2.24, 2.45) is 0 Å². The maximum absolute atomic E-state index is 11.6. The van der Waals surface area contributed by atoms with Crippen LogP contribution in [0.1, 0.15) is 6.92 Å². The molecule has 1 atom stereocenters. The summed E-state index contributed by atoms with van der Waals surface area (Å²) in [4.78, 5) is 17.3. The van der Waals surface area contributed by atoms with Crippen LogP contribution in [0, 0.1) is 0 Å². The maximum atomic E-state index is 11.6. The maximum Gasteiger partial charge on any atom is 0.244 e.